The zero-order chi connectivity index (χ0) is 17.1. The minimum absolute atomic E-state index is 0.0281. The van der Waals surface area contributed by atoms with Crippen molar-refractivity contribution in [1.82, 2.24) is 5.32 Å². The first-order chi connectivity index (χ1) is 11.6. The van der Waals surface area contributed by atoms with Gasteiger partial charge in [-0.15, -0.1) is 0 Å². The molecule has 24 heavy (non-hydrogen) atoms. The summed E-state index contributed by atoms with van der Waals surface area (Å²) in [5.41, 5.74) is 2.08. The van der Waals surface area contributed by atoms with Crippen molar-refractivity contribution < 1.29 is 14.3 Å². The molecule has 2 atom stereocenters. The summed E-state index contributed by atoms with van der Waals surface area (Å²) in [4.78, 5) is 26.6. The quantitative estimate of drug-likeness (QED) is 0.902. The van der Waals surface area contributed by atoms with E-state index in [0.717, 1.165) is 30.7 Å². The Hall–Kier alpha value is -1.88. The predicted molar refractivity (Wildman–Crippen MR) is 93.0 cm³/mol. The topological polar surface area (TPSA) is 58.6 Å². The smallest absolute Gasteiger partial charge is 0.227 e. The van der Waals surface area contributed by atoms with E-state index in [0.29, 0.717) is 19.0 Å². The number of amides is 2. The number of rotatable bonds is 5. The van der Waals surface area contributed by atoms with Gasteiger partial charge in [-0.05, 0) is 30.4 Å². The number of hydrogen-bond donors (Lipinski definition) is 1. The SMILES string of the molecule is CC(C)c1ccccc1N1CC(C(=O)NCC2CCCO2)CC1=O. The maximum atomic E-state index is 12.4. The van der Waals surface area contributed by atoms with Gasteiger partial charge in [0.25, 0.3) is 0 Å². The highest BCUT2D eigenvalue weighted by atomic mass is 16.5. The molecule has 2 aliphatic heterocycles. The van der Waals surface area contributed by atoms with Crippen LogP contribution < -0.4 is 10.2 Å². The van der Waals surface area contributed by atoms with Gasteiger partial charge >= 0.3 is 0 Å². The van der Waals surface area contributed by atoms with Crippen molar-refractivity contribution in [2.45, 2.75) is 45.1 Å². The first kappa shape index (κ1) is 17.0. The van der Waals surface area contributed by atoms with E-state index in [4.69, 9.17) is 4.74 Å². The molecule has 2 heterocycles. The average molecular weight is 330 g/mol. The third-order valence-electron chi connectivity index (χ3n) is 4.87. The van der Waals surface area contributed by atoms with Gasteiger partial charge in [0.2, 0.25) is 11.8 Å². The van der Waals surface area contributed by atoms with Gasteiger partial charge in [-0.2, -0.15) is 0 Å². The molecule has 2 fully saturated rings. The van der Waals surface area contributed by atoms with Crippen molar-refractivity contribution in [3.05, 3.63) is 29.8 Å². The molecule has 1 N–H and O–H groups in total. The Labute approximate surface area is 143 Å². The monoisotopic (exact) mass is 330 g/mol. The van der Waals surface area contributed by atoms with Gasteiger partial charge in [-0.3, -0.25) is 9.59 Å². The van der Waals surface area contributed by atoms with E-state index in [-0.39, 0.29) is 30.3 Å². The van der Waals surface area contributed by atoms with Gasteiger partial charge in [0.1, 0.15) is 0 Å². The maximum Gasteiger partial charge on any atom is 0.227 e. The fourth-order valence-electron chi connectivity index (χ4n) is 3.50. The molecule has 1 aromatic rings. The molecule has 5 nitrogen and oxygen atoms in total. The minimum Gasteiger partial charge on any atom is -0.376 e. The van der Waals surface area contributed by atoms with Crippen molar-refractivity contribution in [2.24, 2.45) is 5.92 Å². The second-order valence-electron chi connectivity index (χ2n) is 7.00. The molecule has 1 aromatic carbocycles. The molecule has 130 valence electrons. The Balaban J connectivity index is 1.64. The van der Waals surface area contributed by atoms with Crippen molar-refractivity contribution >= 4 is 17.5 Å². The summed E-state index contributed by atoms with van der Waals surface area (Å²) >= 11 is 0. The zero-order valence-corrected chi connectivity index (χ0v) is 14.5. The Bertz CT molecular complexity index is 608. The molecule has 0 saturated carbocycles. The Morgan fingerprint density at radius 2 is 2.17 bits per heavy atom. The van der Waals surface area contributed by atoms with E-state index < -0.39 is 0 Å². The third-order valence-corrected chi connectivity index (χ3v) is 4.87. The Kier molecular flexibility index (Phi) is 5.19. The molecule has 2 unspecified atom stereocenters. The Morgan fingerprint density at radius 1 is 1.38 bits per heavy atom. The molecule has 2 saturated heterocycles. The molecule has 5 heteroatoms. The highest BCUT2D eigenvalue weighted by molar-refractivity contribution is 6.00. The standard InChI is InChI=1S/C19H26N2O3/c1-13(2)16-7-3-4-8-17(16)21-12-14(10-18(21)22)19(23)20-11-15-6-5-9-24-15/h3-4,7-8,13-15H,5-6,9-12H2,1-2H3,(H,20,23). The van der Waals surface area contributed by atoms with E-state index in [1.54, 1.807) is 4.90 Å². The predicted octanol–water partition coefficient (Wildman–Crippen LogP) is 2.46. The maximum absolute atomic E-state index is 12.4. The number of carbonyl (C=O) groups excluding carboxylic acids is 2. The lowest BCUT2D eigenvalue weighted by Gasteiger charge is -2.22. The van der Waals surface area contributed by atoms with Crippen LogP contribution in [0.2, 0.25) is 0 Å². The van der Waals surface area contributed by atoms with Crippen LogP contribution in [0.3, 0.4) is 0 Å². The zero-order valence-electron chi connectivity index (χ0n) is 14.5. The molecular weight excluding hydrogens is 304 g/mol. The second kappa shape index (κ2) is 7.34. The van der Waals surface area contributed by atoms with Crippen LogP contribution in [0.1, 0.15) is 44.6 Å². The largest absolute Gasteiger partial charge is 0.376 e. The van der Waals surface area contributed by atoms with Crippen LogP contribution >= 0.6 is 0 Å². The first-order valence-electron chi connectivity index (χ1n) is 8.85. The lowest BCUT2D eigenvalue weighted by atomic mass is 10.0. The van der Waals surface area contributed by atoms with E-state index >= 15 is 0 Å². The van der Waals surface area contributed by atoms with Gasteiger partial charge in [-0.25, -0.2) is 0 Å². The summed E-state index contributed by atoms with van der Waals surface area (Å²) in [6, 6.07) is 7.96. The van der Waals surface area contributed by atoms with E-state index in [1.807, 2.05) is 18.2 Å². The molecular formula is C19H26N2O3. The van der Waals surface area contributed by atoms with Gasteiger partial charge in [0.05, 0.1) is 12.0 Å². The summed E-state index contributed by atoms with van der Waals surface area (Å²) in [7, 11) is 0. The van der Waals surface area contributed by atoms with Crippen LogP contribution in [0.15, 0.2) is 24.3 Å². The van der Waals surface area contributed by atoms with Crippen LogP contribution in [0.5, 0.6) is 0 Å². The van der Waals surface area contributed by atoms with Crippen LogP contribution in [-0.4, -0.2) is 37.6 Å². The molecule has 0 radical (unpaired) electrons. The lowest BCUT2D eigenvalue weighted by Crippen LogP contribution is -2.37. The average Bonchev–Trinajstić information content (AvgIpc) is 3.22. The molecule has 0 aliphatic carbocycles. The summed E-state index contributed by atoms with van der Waals surface area (Å²) in [6.45, 7) is 6.02. The summed E-state index contributed by atoms with van der Waals surface area (Å²) in [6.07, 6.45) is 2.47. The molecule has 3 rings (SSSR count). The molecule has 2 aliphatic rings. The highest BCUT2D eigenvalue weighted by Crippen LogP contribution is 2.32. The van der Waals surface area contributed by atoms with Crippen molar-refractivity contribution in [3.8, 4) is 0 Å². The second-order valence-corrected chi connectivity index (χ2v) is 7.00. The highest BCUT2D eigenvalue weighted by Gasteiger charge is 2.36. The summed E-state index contributed by atoms with van der Waals surface area (Å²) in [5.74, 6) is 0.0456. The van der Waals surface area contributed by atoms with Crippen molar-refractivity contribution in [3.63, 3.8) is 0 Å². The number of nitrogens with one attached hydrogen (secondary N) is 1. The molecule has 0 spiro atoms. The Morgan fingerprint density at radius 3 is 2.88 bits per heavy atom. The summed E-state index contributed by atoms with van der Waals surface area (Å²) in [5, 5.41) is 2.95. The molecule has 0 aromatic heterocycles. The van der Waals surface area contributed by atoms with E-state index in [2.05, 4.69) is 25.2 Å². The minimum atomic E-state index is -0.279. The fourth-order valence-corrected chi connectivity index (χ4v) is 3.50. The van der Waals surface area contributed by atoms with Gasteiger partial charge < -0.3 is 15.0 Å². The van der Waals surface area contributed by atoms with Crippen LogP contribution in [-0.2, 0) is 14.3 Å². The lowest BCUT2D eigenvalue weighted by molar-refractivity contribution is -0.126. The summed E-state index contributed by atoms with van der Waals surface area (Å²) < 4.78 is 5.53. The molecule has 2 amide bonds. The number of para-hydroxylation sites is 1. The van der Waals surface area contributed by atoms with E-state index in [1.165, 1.54) is 0 Å². The van der Waals surface area contributed by atoms with Crippen LogP contribution in [0.4, 0.5) is 5.69 Å². The number of benzene rings is 1. The number of anilines is 1. The third kappa shape index (κ3) is 3.61. The van der Waals surface area contributed by atoms with Crippen LogP contribution in [0.25, 0.3) is 0 Å². The number of hydrogen-bond acceptors (Lipinski definition) is 3. The van der Waals surface area contributed by atoms with Crippen molar-refractivity contribution in [2.75, 3.05) is 24.6 Å². The fraction of sp³-hybridized carbons (Fsp3) is 0.579. The normalized spacial score (nSPS) is 24.0. The number of nitrogens with zero attached hydrogens (tertiary/aromatic N) is 1. The van der Waals surface area contributed by atoms with Crippen LogP contribution in [0, 0.1) is 5.92 Å². The van der Waals surface area contributed by atoms with Gasteiger partial charge in [-0.1, -0.05) is 32.0 Å². The van der Waals surface area contributed by atoms with E-state index in [9.17, 15) is 9.59 Å². The van der Waals surface area contributed by atoms with Crippen molar-refractivity contribution in [1.29, 1.82) is 0 Å². The number of carbonyl (C=O) groups is 2. The first-order valence-corrected chi connectivity index (χ1v) is 8.85. The molecule has 0 bridgehead atoms. The number of ether oxygens (including phenoxy) is 1. The van der Waals surface area contributed by atoms with Gasteiger partial charge in [0, 0.05) is 31.8 Å². The van der Waals surface area contributed by atoms with Gasteiger partial charge in [0.15, 0.2) is 0 Å².